The van der Waals surface area contributed by atoms with E-state index in [1.54, 1.807) is 0 Å². The Morgan fingerprint density at radius 1 is 0.378 bits per heavy atom. The summed E-state index contributed by atoms with van der Waals surface area (Å²) in [5.41, 5.74) is 9.10. The third-order valence-corrected chi connectivity index (χ3v) is 6.89. The zero-order chi connectivity index (χ0) is 31.4. The van der Waals surface area contributed by atoms with Gasteiger partial charge in [0.15, 0.2) is 0 Å². The molecule has 4 heterocycles. The van der Waals surface area contributed by atoms with Gasteiger partial charge in [-0.05, 0) is 64.4 Å². The van der Waals surface area contributed by atoms with Crippen molar-refractivity contribution < 1.29 is 20.1 Å². The number of benzene rings is 2. The van der Waals surface area contributed by atoms with Gasteiger partial charge < -0.3 is 0 Å². The maximum atomic E-state index is 4.63. The molecular weight excluding hydrogens is 729 g/mol. The van der Waals surface area contributed by atoms with Gasteiger partial charge in [0.2, 0.25) is 0 Å². The molecule has 0 aliphatic heterocycles. The van der Waals surface area contributed by atoms with Crippen molar-refractivity contribution in [3.63, 3.8) is 0 Å². The fourth-order valence-corrected chi connectivity index (χ4v) is 4.83. The van der Waals surface area contributed by atoms with Crippen LogP contribution in [0.3, 0.4) is 0 Å². The summed E-state index contributed by atoms with van der Waals surface area (Å²) in [7, 11) is 0. The van der Waals surface area contributed by atoms with E-state index in [-0.39, 0.29) is 30.9 Å². The first kappa shape index (κ1) is 35.2. The quantitative estimate of drug-likeness (QED) is 0.180. The summed E-state index contributed by atoms with van der Waals surface area (Å²) < 4.78 is 0. The first-order chi connectivity index (χ1) is 21.1. The van der Waals surface area contributed by atoms with Gasteiger partial charge in [0.25, 0.3) is 0 Å². The van der Waals surface area contributed by atoms with E-state index in [0.29, 0.717) is 0 Å². The molecule has 0 amide bonds. The summed E-state index contributed by atoms with van der Waals surface area (Å²) in [6, 6.07) is 40.3. The molecule has 4 aromatic heterocycles. The molecule has 0 saturated carbocycles. The molecule has 45 heavy (non-hydrogen) atoms. The summed E-state index contributed by atoms with van der Waals surface area (Å²) in [4.78, 5) is 17.6. The van der Waals surface area contributed by atoms with Crippen LogP contribution in [0.4, 0.5) is 0 Å². The fourth-order valence-electron chi connectivity index (χ4n) is 4.83. The minimum absolute atomic E-state index is 0. The summed E-state index contributed by atoms with van der Waals surface area (Å²) in [6.07, 6.45) is 7.34. The number of nitrogens with zero attached hydrogens (tertiary/aromatic N) is 4. The van der Waals surface area contributed by atoms with Crippen LogP contribution in [0.2, 0.25) is 0 Å². The Morgan fingerprint density at radius 2 is 0.778 bits per heavy atom. The molecule has 1 radical (unpaired) electrons. The van der Waals surface area contributed by atoms with Crippen LogP contribution in [0.15, 0.2) is 146 Å². The van der Waals surface area contributed by atoms with Crippen LogP contribution in [-0.4, -0.2) is 19.9 Å². The van der Waals surface area contributed by atoms with Crippen LogP contribution >= 0.6 is 0 Å². The van der Waals surface area contributed by atoms with Gasteiger partial charge in [-0.15, -0.1) is 0 Å². The minimum Gasteiger partial charge on any atom is -0.256 e. The molecule has 0 aliphatic rings. The average molecular weight is 771 g/mol. The van der Waals surface area contributed by atoms with E-state index in [9.17, 15) is 0 Å². The largest absolute Gasteiger partial charge is 0.256 e. The van der Waals surface area contributed by atoms with Crippen molar-refractivity contribution in [1.82, 2.24) is 19.9 Å². The van der Waals surface area contributed by atoms with Crippen molar-refractivity contribution in [2.24, 2.45) is 0 Å². The monoisotopic (exact) mass is 771 g/mol. The van der Waals surface area contributed by atoms with Crippen molar-refractivity contribution in [3.05, 3.63) is 157 Å². The van der Waals surface area contributed by atoms with E-state index in [2.05, 4.69) is 91.8 Å². The number of rotatable bonds is 3. The van der Waals surface area contributed by atoms with Crippen molar-refractivity contribution in [2.75, 3.05) is 0 Å². The molecule has 0 unspecified atom stereocenters. The molecule has 0 atom stereocenters. The fraction of sp³-hybridized carbons (Fsp3) is 0.200. The van der Waals surface area contributed by atoms with Crippen LogP contribution in [0, 0.1) is 0 Å². The van der Waals surface area contributed by atoms with Crippen molar-refractivity contribution in [2.45, 2.75) is 52.4 Å². The van der Waals surface area contributed by atoms with E-state index in [1.165, 1.54) is 11.1 Å². The number of pyridine rings is 4. The second-order valence-electron chi connectivity index (χ2n) is 12.5. The van der Waals surface area contributed by atoms with E-state index >= 15 is 0 Å². The molecule has 0 spiro atoms. The number of hydrogen-bond acceptors (Lipinski definition) is 4. The van der Waals surface area contributed by atoms with E-state index in [4.69, 9.17) is 0 Å². The zero-order valence-corrected chi connectivity index (χ0v) is 29.4. The Hall–Kier alpha value is -4.31. The topological polar surface area (TPSA) is 51.6 Å². The molecule has 0 aliphatic carbocycles. The molecule has 6 aromatic rings. The van der Waals surface area contributed by atoms with Gasteiger partial charge in [-0.3, -0.25) is 19.9 Å². The molecule has 0 fully saturated rings. The maximum absolute atomic E-state index is 4.63. The van der Waals surface area contributed by atoms with Gasteiger partial charge in [-0.1, -0.05) is 120 Å². The Labute approximate surface area is 282 Å². The first-order valence-corrected chi connectivity index (χ1v) is 15.0. The smallest absolute Gasteiger partial charge is 0.0926 e. The third-order valence-electron chi connectivity index (χ3n) is 6.89. The van der Waals surface area contributed by atoms with Crippen LogP contribution in [0.25, 0.3) is 33.9 Å². The Kier molecular flexibility index (Phi) is 13.0. The second-order valence-corrected chi connectivity index (χ2v) is 12.5. The molecule has 4 nitrogen and oxygen atoms in total. The predicted octanol–water partition coefficient (Wildman–Crippen LogP) is 10.2. The van der Waals surface area contributed by atoms with Crippen LogP contribution in [-0.2, 0) is 30.9 Å². The van der Waals surface area contributed by atoms with Gasteiger partial charge >= 0.3 is 0 Å². The summed E-state index contributed by atoms with van der Waals surface area (Å²) in [5, 5.41) is 0. The summed E-state index contributed by atoms with van der Waals surface area (Å²) in [5.74, 6) is 0. The predicted molar refractivity (Wildman–Crippen MR) is 184 cm³/mol. The molecule has 0 saturated heterocycles. The van der Waals surface area contributed by atoms with E-state index < -0.39 is 0 Å². The second kappa shape index (κ2) is 16.7. The van der Waals surface area contributed by atoms with Gasteiger partial charge in [-0.25, -0.2) is 0 Å². The molecular formula is C40H42IrN4. The SMILES string of the molecule is CC(C)(C)c1ccnc(-c2ccccn2)c1C(C)(C)C.[Ir].c1ccc(-c2ccccn2)cc1.c1ccc(-c2ccccn2)cc1. The summed E-state index contributed by atoms with van der Waals surface area (Å²) in [6.45, 7) is 13.5. The average Bonchev–Trinajstić information content (AvgIpc) is 3.06. The van der Waals surface area contributed by atoms with Gasteiger partial charge in [0, 0.05) is 56.0 Å². The Balaban J connectivity index is 0.000000191. The summed E-state index contributed by atoms with van der Waals surface area (Å²) >= 11 is 0. The molecule has 231 valence electrons. The standard InChI is InChI=1S/C18H24N2.2C11H9N.Ir/c1-17(2,3)13-10-12-20-16(15(13)18(4,5)6)14-9-7-8-11-19-14;2*1-2-6-10(7-3-1)11-8-4-5-9-12-11;/h7-12H,1-6H3;2*1-9H;. The van der Waals surface area contributed by atoms with Gasteiger partial charge in [0.05, 0.1) is 22.8 Å². The van der Waals surface area contributed by atoms with Crippen LogP contribution in [0.5, 0.6) is 0 Å². The molecule has 2 aromatic carbocycles. The van der Waals surface area contributed by atoms with E-state index in [0.717, 1.165) is 33.9 Å². The van der Waals surface area contributed by atoms with Gasteiger partial charge in [0.1, 0.15) is 0 Å². The van der Waals surface area contributed by atoms with Crippen molar-refractivity contribution in [3.8, 4) is 33.9 Å². The zero-order valence-electron chi connectivity index (χ0n) is 27.0. The molecule has 5 heteroatoms. The Bertz CT molecular complexity index is 1530. The molecule has 0 bridgehead atoms. The minimum atomic E-state index is 0. The van der Waals surface area contributed by atoms with Crippen LogP contribution < -0.4 is 0 Å². The van der Waals surface area contributed by atoms with Crippen LogP contribution in [0.1, 0.15) is 52.7 Å². The first-order valence-electron chi connectivity index (χ1n) is 15.0. The number of aromatic nitrogens is 4. The molecule has 0 N–H and O–H groups in total. The molecule has 6 rings (SSSR count). The Morgan fingerprint density at radius 3 is 1.13 bits per heavy atom. The van der Waals surface area contributed by atoms with E-state index in [1.807, 2.05) is 116 Å². The maximum Gasteiger partial charge on any atom is 0.0926 e. The number of hydrogen-bond donors (Lipinski definition) is 0. The third kappa shape index (κ3) is 10.4. The van der Waals surface area contributed by atoms with Crippen molar-refractivity contribution in [1.29, 1.82) is 0 Å². The van der Waals surface area contributed by atoms with Crippen molar-refractivity contribution >= 4 is 0 Å². The normalized spacial score (nSPS) is 10.7. The van der Waals surface area contributed by atoms with Gasteiger partial charge in [-0.2, -0.15) is 0 Å².